The summed E-state index contributed by atoms with van der Waals surface area (Å²) in [7, 11) is 0. The minimum Gasteiger partial charge on any atom is -0.444 e. The van der Waals surface area contributed by atoms with Gasteiger partial charge in [0, 0.05) is 12.6 Å². The molecule has 0 aromatic heterocycles. The smallest absolute Gasteiger partial charge is 0.407 e. The minimum atomic E-state index is -1.42. The third kappa shape index (κ3) is 6.21. The number of nitro groups is 1. The lowest BCUT2D eigenvalue weighted by Crippen LogP contribution is -2.34. The number of carbonyl (C=O) groups excluding carboxylic acids is 1. The number of nitrogens with one attached hydrogen (secondary N) is 1. The van der Waals surface area contributed by atoms with Crippen LogP contribution in [0.5, 0.6) is 0 Å². The van der Waals surface area contributed by atoms with E-state index in [1.807, 2.05) is 0 Å². The molecule has 0 aliphatic carbocycles. The maximum Gasteiger partial charge on any atom is 0.407 e. The van der Waals surface area contributed by atoms with E-state index < -0.39 is 28.8 Å². The molecule has 128 valence electrons. The molecule has 1 aromatic carbocycles. The number of para-hydroxylation sites is 1. The van der Waals surface area contributed by atoms with Gasteiger partial charge in [-0.3, -0.25) is 10.1 Å². The van der Waals surface area contributed by atoms with E-state index >= 15 is 0 Å². The van der Waals surface area contributed by atoms with Crippen molar-refractivity contribution in [3.8, 4) is 0 Å². The Labute approximate surface area is 134 Å². The Kier molecular flexibility index (Phi) is 6.47. The van der Waals surface area contributed by atoms with Gasteiger partial charge in [-0.1, -0.05) is 12.1 Å². The highest BCUT2D eigenvalue weighted by Gasteiger charge is 2.26. The number of hydrogen-bond donors (Lipinski definition) is 3. The number of benzene rings is 1. The van der Waals surface area contributed by atoms with Gasteiger partial charge >= 0.3 is 6.09 Å². The van der Waals surface area contributed by atoms with Gasteiger partial charge in [0.25, 0.3) is 5.69 Å². The fraction of sp³-hybridized carbons (Fsp3) is 0.533. The molecular weight excluding hydrogens is 304 g/mol. The molecule has 1 rings (SSSR count). The van der Waals surface area contributed by atoms with Crippen molar-refractivity contribution in [3.63, 3.8) is 0 Å². The number of hydrogen-bond acceptors (Lipinski definition) is 6. The first-order valence-corrected chi connectivity index (χ1v) is 7.18. The Morgan fingerprint density at radius 1 is 1.35 bits per heavy atom. The van der Waals surface area contributed by atoms with E-state index in [9.17, 15) is 25.1 Å². The number of nitrogens with zero attached hydrogens (tertiary/aromatic N) is 1. The number of nitro benzene ring substituents is 1. The van der Waals surface area contributed by atoms with Crippen LogP contribution in [-0.4, -0.2) is 39.5 Å². The quantitative estimate of drug-likeness (QED) is 0.542. The third-order valence-electron chi connectivity index (χ3n) is 2.92. The number of rotatable bonds is 6. The molecular formula is C15H22N2O6. The second-order valence-electron chi connectivity index (χ2n) is 6.05. The van der Waals surface area contributed by atoms with E-state index in [0.29, 0.717) is 0 Å². The highest BCUT2D eigenvalue weighted by molar-refractivity contribution is 5.67. The van der Waals surface area contributed by atoms with Crippen LogP contribution in [0.15, 0.2) is 24.3 Å². The van der Waals surface area contributed by atoms with Crippen molar-refractivity contribution in [2.24, 2.45) is 0 Å². The van der Waals surface area contributed by atoms with Crippen LogP contribution in [0, 0.1) is 10.1 Å². The summed E-state index contributed by atoms with van der Waals surface area (Å²) in [6.45, 7) is 5.23. The van der Waals surface area contributed by atoms with E-state index in [2.05, 4.69) is 5.32 Å². The SMILES string of the molecule is CC(C)(C)OC(=O)NCCC(O)C(O)c1ccccc1[N+](=O)[O-]. The fourth-order valence-corrected chi connectivity index (χ4v) is 1.91. The maximum absolute atomic E-state index is 11.5. The van der Waals surface area contributed by atoms with E-state index in [0.717, 1.165) is 0 Å². The zero-order chi connectivity index (χ0) is 17.6. The lowest BCUT2D eigenvalue weighted by atomic mass is 10.0. The van der Waals surface area contributed by atoms with Crippen molar-refractivity contribution in [2.75, 3.05) is 6.54 Å². The molecule has 0 heterocycles. The highest BCUT2D eigenvalue weighted by atomic mass is 16.6. The Balaban J connectivity index is 2.57. The van der Waals surface area contributed by atoms with Crippen LogP contribution in [0.4, 0.5) is 10.5 Å². The van der Waals surface area contributed by atoms with Crippen LogP contribution < -0.4 is 5.32 Å². The van der Waals surface area contributed by atoms with Crippen LogP contribution in [-0.2, 0) is 4.74 Å². The molecule has 0 fully saturated rings. The van der Waals surface area contributed by atoms with Gasteiger partial charge < -0.3 is 20.3 Å². The zero-order valence-corrected chi connectivity index (χ0v) is 13.4. The molecule has 0 radical (unpaired) electrons. The molecule has 0 saturated carbocycles. The van der Waals surface area contributed by atoms with Crippen LogP contribution in [0.2, 0.25) is 0 Å². The van der Waals surface area contributed by atoms with Gasteiger partial charge in [0.05, 0.1) is 16.6 Å². The summed E-state index contributed by atoms with van der Waals surface area (Å²) in [4.78, 5) is 21.8. The molecule has 8 nitrogen and oxygen atoms in total. The predicted molar refractivity (Wildman–Crippen MR) is 82.9 cm³/mol. The molecule has 0 bridgehead atoms. The summed E-state index contributed by atoms with van der Waals surface area (Å²) in [5.74, 6) is 0. The predicted octanol–water partition coefficient (Wildman–Crippen LogP) is 1.90. The van der Waals surface area contributed by atoms with Crippen LogP contribution in [0.1, 0.15) is 38.9 Å². The second-order valence-corrected chi connectivity index (χ2v) is 6.05. The summed E-state index contributed by atoms with van der Waals surface area (Å²) in [6.07, 6.45) is -3.29. The van der Waals surface area contributed by atoms with Crippen molar-refractivity contribution in [1.29, 1.82) is 0 Å². The third-order valence-corrected chi connectivity index (χ3v) is 2.92. The number of carbonyl (C=O) groups is 1. The average Bonchev–Trinajstić information content (AvgIpc) is 2.44. The molecule has 2 atom stereocenters. The van der Waals surface area contributed by atoms with E-state index in [1.54, 1.807) is 20.8 Å². The largest absolute Gasteiger partial charge is 0.444 e. The Hall–Kier alpha value is -2.19. The van der Waals surface area contributed by atoms with Crippen LogP contribution >= 0.6 is 0 Å². The van der Waals surface area contributed by atoms with Gasteiger partial charge in [-0.15, -0.1) is 0 Å². The summed E-state index contributed by atoms with van der Waals surface area (Å²) in [5.41, 5.74) is -0.867. The Morgan fingerprint density at radius 2 is 1.96 bits per heavy atom. The summed E-state index contributed by atoms with van der Waals surface area (Å²) in [6, 6.07) is 5.65. The van der Waals surface area contributed by atoms with Crippen LogP contribution in [0.3, 0.4) is 0 Å². The standard InChI is InChI=1S/C15H22N2O6/c1-15(2,3)23-14(20)16-9-8-12(18)13(19)10-6-4-5-7-11(10)17(21)22/h4-7,12-13,18-19H,8-9H2,1-3H3,(H,16,20). The minimum absolute atomic E-state index is 0.0203. The molecule has 0 aliphatic heterocycles. The van der Waals surface area contributed by atoms with Crippen molar-refractivity contribution < 1.29 is 24.7 Å². The molecule has 23 heavy (non-hydrogen) atoms. The Bertz CT molecular complexity index is 555. The van der Waals surface area contributed by atoms with Crippen molar-refractivity contribution in [2.45, 2.75) is 45.0 Å². The zero-order valence-electron chi connectivity index (χ0n) is 13.4. The molecule has 1 aromatic rings. The topological polar surface area (TPSA) is 122 Å². The van der Waals surface area contributed by atoms with Crippen LogP contribution in [0.25, 0.3) is 0 Å². The molecule has 0 aliphatic rings. The molecule has 0 spiro atoms. The highest BCUT2D eigenvalue weighted by Crippen LogP contribution is 2.27. The van der Waals surface area contributed by atoms with E-state index in [1.165, 1.54) is 24.3 Å². The lowest BCUT2D eigenvalue weighted by Gasteiger charge is -2.21. The van der Waals surface area contributed by atoms with Gasteiger partial charge in [-0.25, -0.2) is 4.79 Å². The van der Waals surface area contributed by atoms with E-state index in [4.69, 9.17) is 4.74 Å². The maximum atomic E-state index is 11.5. The van der Waals surface area contributed by atoms with Gasteiger partial charge in [0.15, 0.2) is 0 Å². The molecule has 1 amide bonds. The number of alkyl carbamates (subject to hydrolysis) is 1. The van der Waals surface area contributed by atoms with Gasteiger partial charge in [0.2, 0.25) is 0 Å². The monoisotopic (exact) mass is 326 g/mol. The number of aliphatic hydroxyl groups excluding tert-OH is 2. The summed E-state index contributed by atoms with van der Waals surface area (Å²) < 4.78 is 5.03. The fourth-order valence-electron chi connectivity index (χ4n) is 1.91. The van der Waals surface area contributed by atoms with Crippen molar-refractivity contribution >= 4 is 11.8 Å². The average molecular weight is 326 g/mol. The molecule has 3 N–H and O–H groups in total. The van der Waals surface area contributed by atoms with Crippen molar-refractivity contribution in [1.82, 2.24) is 5.32 Å². The first-order chi connectivity index (χ1) is 10.6. The summed E-state index contributed by atoms with van der Waals surface area (Å²) >= 11 is 0. The normalized spacial score (nSPS) is 14.0. The first-order valence-electron chi connectivity index (χ1n) is 7.18. The second kappa shape index (κ2) is 7.89. The number of ether oxygens (including phenoxy) is 1. The first kappa shape index (κ1) is 18.9. The molecule has 0 saturated heterocycles. The lowest BCUT2D eigenvalue weighted by molar-refractivity contribution is -0.386. The van der Waals surface area contributed by atoms with Gasteiger partial charge in [0.1, 0.15) is 11.7 Å². The molecule has 8 heteroatoms. The molecule has 2 unspecified atom stereocenters. The number of amides is 1. The van der Waals surface area contributed by atoms with Gasteiger partial charge in [-0.2, -0.15) is 0 Å². The Morgan fingerprint density at radius 3 is 2.52 bits per heavy atom. The van der Waals surface area contributed by atoms with Gasteiger partial charge in [-0.05, 0) is 33.3 Å². The number of aliphatic hydroxyl groups is 2. The van der Waals surface area contributed by atoms with Crippen molar-refractivity contribution in [3.05, 3.63) is 39.9 Å². The summed E-state index contributed by atoms with van der Waals surface area (Å²) in [5, 5.41) is 33.4. The van der Waals surface area contributed by atoms with E-state index in [-0.39, 0.29) is 24.2 Å².